The van der Waals surface area contributed by atoms with Crippen molar-refractivity contribution < 1.29 is 36.7 Å². The standard InChI is InChI=1S/C22H24F4N4O4S/c1-28(2)10-7-27-17(31)12-30-20(33)18(35-21(30)34)13-5-8-29(9-6-13)19(32)15-11-14(23)3-4-16(15)22(24,25)26/h3-4,11H,5-10,12H2,1-2H3,(H,27,31). The summed E-state index contributed by atoms with van der Waals surface area (Å²) in [5, 5.41) is 2.04. The molecule has 2 aliphatic heterocycles. The second kappa shape index (κ2) is 10.8. The number of hydrogen-bond acceptors (Lipinski definition) is 6. The normalized spacial score (nSPS) is 17.0. The van der Waals surface area contributed by atoms with Gasteiger partial charge in [-0.15, -0.1) is 0 Å². The van der Waals surface area contributed by atoms with E-state index in [1.54, 1.807) is 0 Å². The van der Waals surface area contributed by atoms with Gasteiger partial charge < -0.3 is 15.1 Å². The molecule has 2 saturated heterocycles. The van der Waals surface area contributed by atoms with Gasteiger partial charge in [-0.05, 0) is 62.5 Å². The maximum atomic E-state index is 13.6. The van der Waals surface area contributed by atoms with Crippen LogP contribution in [0.25, 0.3) is 0 Å². The van der Waals surface area contributed by atoms with Gasteiger partial charge in [-0.3, -0.25) is 24.1 Å². The van der Waals surface area contributed by atoms with Crippen molar-refractivity contribution in [1.82, 2.24) is 20.0 Å². The Bertz CT molecular complexity index is 1060. The number of halogens is 4. The number of piperidine rings is 1. The lowest BCUT2D eigenvalue weighted by Gasteiger charge is -2.30. The number of thioether (sulfide) groups is 1. The van der Waals surface area contributed by atoms with Crippen LogP contribution in [0.2, 0.25) is 0 Å². The molecule has 0 atom stereocenters. The summed E-state index contributed by atoms with van der Waals surface area (Å²) in [4.78, 5) is 53.9. The lowest BCUT2D eigenvalue weighted by Crippen LogP contribution is -2.41. The Morgan fingerprint density at radius 1 is 1.14 bits per heavy atom. The maximum absolute atomic E-state index is 13.6. The number of alkyl halides is 3. The molecule has 35 heavy (non-hydrogen) atoms. The molecule has 8 nitrogen and oxygen atoms in total. The van der Waals surface area contributed by atoms with Crippen molar-refractivity contribution in [2.75, 3.05) is 46.8 Å². The van der Waals surface area contributed by atoms with Crippen LogP contribution in [0.5, 0.6) is 0 Å². The van der Waals surface area contributed by atoms with Crippen molar-refractivity contribution in [3.8, 4) is 0 Å². The van der Waals surface area contributed by atoms with Crippen LogP contribution in [0.1, 0.15) is 28.8 Å². The molecule has 0 unspecified atom stereocenters. The van der Waals surface area contributed by atoms with Crippen LogP contribution in [-0.4, -0.2) is 84.5 Å². The molecule has 3 rings (SSSR count). The summed E-state index contributed by atoms with van der Waals surface area (Å²) in [6.45, 7) is 0.525. The van der Waals surface area contributed by atoms with Crippen LogP contribution in [-0.2, 0) is 15.8 Å². The minimum Gasteiger partial charge on any atom is -0.353 e. The Labute approximate surface area is 203 Å². The SMILES string of the molecule is CN(C)CCNC(=O)CN1C(=O)SC(=C2CCN(C(=O)c3cc(F)ccc3C(F)(F)F)CC2)C1=O. The summed E-state index contributed by atoms with van der Waals surface area (Å²) in [6, 6.07) is 1.74. The van der Waals surface area contributed by atoms with Crippen molar-refractivity contribution >= 4 is 34.7 Å². The van der Waals surface area contributed by atoms with E-state index in [1.807, 2.05) is 19.0 Å². The fourth-order valence-corrected chi connectivity index (χ4v) is 4.67. The molecule has 0 aromatic heterocycles. The lowest BCUT2D eigenvalue weighted by atomic mass is 10.00. The number of rotatable bonds is 6. The maximum Gasteiger partial charge on any atom is 0.417 e. The number of nitrogens with zero attached hydrogens (tertiary/aromatic N) is 3. The van der Waals surface area contributed by atoms with Gasteiger partial charge in [-0.1, -0.05) is 0 Å². The Hall–Kier alpha value is -2.93. The number of likely N-dealkylation sites (N-methyl/N-ethyl adjacent to an activating group) is 1. The van der Waals surface area contributed by atoms with Gasteiger partial charge in [0.1, 0.15) is 12.4 Å². The van der Waals surface area contributed by atoms with Gasteiger partial charge in [0.05, 0.1) is 16.0 Å². The highest BCUT2D eigenvalue weighted by Gasteiger charge is 2.40. The van der Waals surface area contributed by atoms with E-state index in [4.69, 9.17) is 0 Å². The molecule has 0 radical (unpaired) electrons. The molecular formula is C22H24F4N4O4S. The van der Waals surface area contributed by atoms with Crippen molar-refractivity contribution in [2.45, 2.75) is 19.0 Å². The highest BCUT2D eigenvalue weighted by atomic mass is 32.2. The first kappa shape index (κ1) is 26.7. The topological polar surface area (TPSA) is 90.0 Å². The molecule has 0 saturated carbocycles. The molecule has 1 aromatic rings. The average Bonchev–Trinajstić information content (AvgIpc) is 3.06. The zero-order valence-electron chi connectivity index (χ0n) is 19.1. The van der Waals surface area contributed by atoms with Crippen LogP contribution >= 0.6 is 11.8 Å². The van der Waals surface area contributed by atoms with Gasteiger partial charge in [-0.25, -0.2) is 4.39 Å². The van der Waals surface area contributed by atoms with Gasteiger partial charge in [-0.2, -0.15) is 13.2 Å². The summed E-state index contributed by atoms with van der Waals surface area (Å²) < 4.78 is 53.4. The smallest absolute Gasteiger partial charge is 0.353 e. The number of amides is 4. The first-order valence-electron chi connectivity index (χ1n) is 10.7. The van der Waals surface area contributed by atoms with Crippen LogP contribution in [0.15, 0.2) is 28.7 Å². The molecule has 0 bridgehead atoms. The minimum absolute atomic E-state index is 0.00146. The Morgan fingerprint density at radius 2 is 1.80 bits per heavy atom. The zero-order valence-corrected chi connectivity index (χ0v) is 19.9. The number of carbonyl (C=O) groups excluding carboxylic acids is 4. The van der Waals surface area contributed by atoms with Crippen molar-refractivity contribution in [2.24, 2.45) is 0 Å². The molecule has 2 aliphatic rings. The molecule has 0 aliphatic carbocycles. The van der Waals surface area contributed by atoms with Gasteiger partial charge >= 0.3 is 6.18 Å². The number of nitrogens with one attached hydrogen (secondary N) is 1. The van der Waals surface area contributed by atoms with Gasteiger partial charge in [0, 0.05) is 26.2 Å². The highest BCUT2D eigenvalue weighted by molar-refractivity contribution is 8.18. The van der Waals surface area contributed by atoms with E-state index in [-0.39, 0.29) is 30.8 Å². The zero-order chi connectivity index (χ0) is 25.9. The fourth-order valence-electron chi connectivity index (χ4n) is 3.69. The molecule has 0 spiro atoms. The van der Waals surface area contributed by atoms with E-state index in [0.29, 0.717) is 48.6 Å². The van der Waals surface area contributed by atoms with Gasteiger partial charge in [0.25, 0.3) is 17.1 Å². The first-order valence-corrected chi connectivity index (χ1v) is 11.5. The van der Waals surface area contributed by atoms with Gasteiger partial charge in [0.2, 0.25) is 5.91 Å². The third kappa shape index (κ3) is 6.40. The summed E-state index contributed by atoms with van der Waals surface area (Å²) in [6.07, 6.45) is -4.50. The van der Waals surface area contributed by atoms with Gasteiger partial charge in [0.15, 0.2) is 0 Å². The molecule has 2 fully saturated rings. The summed E-state index contributed by atoms with van der Waals surface area (Å²) in [7, 11) is 3.67. The Morgan fingerprint density at radius 3 is 2.40 bits per heavy atom. The number of benzene rings is 1. The molecule has 1 aromatic carbocycles. The molecule has 4 amide bonds. The van der Waals surface area contributed by atoms with E-state index in [0.717, 1.165) is 9.80 Å². The summed E-state index contributed by atoms with van der Waals surface area (Å²) in [5.41, 5.74) is -1.41. The Kier molecular flexibility index (Phi) is 8.21. The number of imide groups is 1. The molecule has 1 N–H and O–H groups in total. The highest BCUT2D eigenvalue weighted by Crippen LogP contribution is 2.37. The molecule has 13 heteroatoms. The number of carbonyl (C=O) groups is 4. The van der Waals surface area contributed by atoms with Crippen molar-refractivity contribution in [1.29, 1.82) is 0 Å². The third-order valence-corrected chi connectivity index (χ3v) is 6.59. The fraction of sp³-hybridized carbons (Fsp3) is 0.455. The van der Waals surface area contributed by atoms with E-state index < -0.39 is 52.6 Å². The quantitative estimate of drug-likeness (QED) is 0.462. The largest absolute Gasteiger partial charge is 0.417 e. The monoisotopic (exact) mass is 516 g/mol. The third-order valence-electron chi connectivity index (χ3n) is 5.52. The second-order valence-corrected chi connectivity index (χ2v) is 9.29. The van der Waals surface area contributed by atoms with Crippen LogP contribution in [0.3, 0.4) is 0 Å². The molecular weight excluding hydrogens is 492 g/mol. The van der Waals surface area contributed by atoms with Crippen LogP contribution < -0.4 is 5.32 Å². The second-order valence-electron chi connectivity index (χ2n) is 8.33. The van der Waals surface area contributed by atoms with E-state index in [2.05, 4.69) is 5.32 Å². The first-order chi connectivity index (χ1) is 16.4. The molecule has 190 valence electrons. The van der Waals surface area contributed by atoms with E-state index >= 15 is 0 Å². The average molecular weight is 517 g/mol. The predicted octanol–water partition coefficient (Wildman–Crippen LogP) is 2.71. The van der Waals surface area contributed by atoms with Crippen LogP contribution in [0, 0.1) is 5.82 Å². The number of likely N-dealkylation sites (tertiary alicyclic amines) is 1. The number of hydrogen-bond donors (Lipinski definition) is 1. The predicted molar refractivity (Wildman–Crippen MR) is 120 cm³/mol. The molecule has 2 heterocycles. The lowest BCUT2D eigenvalue weighted by molar-refractivity contribution is -0.138. The van der Waals surface area contributed by atoms with Crippen LogP contribution in [0.4, 0.5) is 22.4 Å². The van der Waals surface area contributed by atoms with Crippen molar-refractivity contribution in [3.05, 3.63) is 45.6 Å². The Balaban J connectivity index is 1.66. The summed E-state index contributed by atoms with van der Waals surface area (Å²) >= 11 is 0.700. The summed E-state index contributed by atoms with van der Waals surface area (Å²) in [5.74, 6) is -3.00. The minimum atomic E-state index is -4.82. The van der Waals surface area contributed by atoms with E-state index in [9.17, 15) is 36.7 Å². The van der Waals surface area contributed by atoms with E-state index in [1.165, 1.54) is 0 Å². The van der Waals surface area contributed by atoms with Crippen molar-refractivity contribution in [3.63, 3.8) is 0 Å².